The Kier molecular flexibility index (Phi) is 3.32. The van der Waals surface area contributed by atoms with Crippen molar-refractivity contribution in [3.63, 3.8) is 0 Å². The normalized spacial score (nSPS) is 23.1. The van der Waals surface area contributed by atoms with Crippen LogP contribution >= 0.6 is 0 Å². The van der Waals surface area contributed by atoms with Gasteiger partial charge in [-0.05, 0) is 32.4 Å². The van der Waals surface area contributed by atoms with Gasteiger partial charge in [0.05, 0.1) is 11.5 Å². The lowest BCUT2D eigenvalue weighted by Crippen LogP contribution is -2.37. The Morgan fingerprint density at radius 3 is 2.67 bits per heavy atom. The summed E-state index contributed by atoms with van der Waals surface area (Å²) in [5.41, 5.74) is 1.36. The number of carbonyl (C=O) groups is 2. The van der Waals surface area contributed by atoms with Crippen LogP contribution in [0.25, 0.3) is 0 Å². The van der Waals surface area contributed by atoms with Crippen molar-refractivity contribution in [1.29, 1.82) is 0 Å². The van der Waals surface area contributed by atoms with Crippen molar-refractivity contribution >= 4 is 11.9 Å². The van der Waals surface area contributed by atoms with Gasteiger partial charge in [0.2, 0.25) is 0 Å². The van der Waals surface area contributed by atoms with E-state index < -0.39 is 11.9 Å². The molecule has 18 heavy (non-hydrogen) atoms. The molecule has 2 atom stereocenters. The third-order valence-electron chi connectivity index (χ3n) is 3.49. The fourth-order valence-corrected chi connectivity index (χ4v) is 2.32. The third-order valence-corrected chi connectivity index (χ3v) is 3.49. The molecule has 1 N–H and O–H groups in total. The number of carboxylic acids is 1. The molecule has 5 nitrogen and oxygen atoms in total. The van der Waals surface area contributed by atoms with Crippen LogP contribution in [0.4, 0.5) is 0 Å². The minimum absolute atomic E-state index is 0.140. The largest absolute Gasteiger partial charge is 0.481 e. The summed E-state index contributed by atoms with van der Waals surface area (Å²) in [6, 6.07) is 3.24. The summed E-state index contributed by atoms with van der Waals surface area (Å²) in [6.07, 6.45) is 2.06. The van der Waals surface area contributed by atoms with Gasteiger partial charge in [-0.3, -0.25) is 14.6 Å². The Hall–Kier alpha value is -1.91. The lowest BCUT2D eigenvalue weighted by Gasteiger charge is -2.23. The molecule has 0 spiro atoms. The molecule has 1 aliphatic heterocycles. The first kappa shape index (κ1) is 12.5. The predicted octanol–water partition coefficient (Wildman–Crippen LogP) is 1.33. The average Bonchev–Trinajstić information content (AvgIpc) is 2.71. The van der Waals surface area contributed by atoms with E-state index in [1.54, 1.807) is 30.2 Å². The van der Waals surface area contributed by atoms with Gasteiger partial charge in [-0.1, -0.05) is 0 Å². The van der Waals surface area contributed by atoms with Crippen molar-refractivity contribution in [1.82, 2.24) is 9.88 Å². The van der Waals surface area contributed by atoms with Crippen molar-refractivity contribution in [2.45, 2.75) is 26.3 Å². The van der Waals surface area contributed by atoms with Crippen LogP contribution in [0.1, 0.15) is 29.4 Å². The highest BCUT2D eigenvalue weighted by Gasteiger charge is 2.38. The van der Waals surface area contributed by atoms with E-state index in [-0.39, 0.29) is 11.9 Å². The molecule has 5 heteroatoms. The second kappa shape index (κ2) is 4.76. The van der Waals surface area contributed by atoms with Gasteiger partial charge in [0.1, 0.15) is 0 Å². The minimum atomic E-state index is -0.833. The van der Waals surface area contributed by atoms with Crippen LogP contribution < -0.4 is 0 Å². The first-order valence-corrected chi connectivity index (χ1v) is 5.97. The minimum Gasteiger partial charge on any atom is -0.481 e. The maximum Gasteiger partial charge on any atom is 0.308 e. The highest BCUT2D eigenvalue weighted by atomic mass is 16.4. The zero-order valence-electron chi connectivity index (χ0n) is 10.5. The number of rotatable bonds is 2. The maximum atomic E-state index is 12.2. The first-order valence-electron chi connectivity index (χ1n) is 5.97. The number of likely N-dealkylation sites (tertiary alicyclic amines) is 1. The van der Waals surface area contributed by atoms with E-state index in [0.717, 1.165) is 5.69 Å². The summed E-state index contributed by atoms with van der Waals surface area (Å²) < 4.78 is 0. The molecule has 0 bridgehead atoms. The first-order chi connectivity index (χ1) is 8.50. The number of aromatic nitrogens is 1. The highest BCUT2D eigenvalue weighted by Crippen LogP contribution is 2.25. The van der Waals surface area contributed by atoms with Gasteiger partial charge in [0, 0.05) is 24.5 Å². The van der Waals surface area contributed by atoms with Crippen LogP contribution in [0.5, 0.6) is 0 Å². The number of hydrogen-bond donors (Lipinski definition) is 1. The Labute approximate surface area is 105 Å². The fourth-order valence-electron chi connectivity index (χ4n) is 2.32. The molecule has 0 aromatic carbocycles. The number of nitrogens with zero attached hydrogens (tertiary/aromatic N) is 2. The van der Waals surface area contributed by atoms with E-state index in [1.165, 1.54) is 0 Å². The Bertz CT molecular complexity index is 470. The SMILES string of the molecule is Cc1ccc(C(=O)N2CCC(C(=O)O)C2C)cn1. The maximum absolute atomic E-state index is 12.2. The van der Waals surface area contributed by atoms with E-state index in [1.807, 2.05) is 6.92 Å². The summed E-state index contributed by atoms with van der Waals surface area (Å²) in [5, 5.41) is 9.04. The van der Waals surface area contributed by atoms with Crippen LogP contribution in [0.15, 0.2) is 18.3 Å². The number of aliphatic carboxylic acids is 1. The number of aryl methyl sites for hydroxylation is 1. The van der Waals surface area contributed by atoms with Gasteiger partial charge in [-0.2, -0.15) is 0 Å². The van der Waals surface area contributed by atoms with Gasteiger partial charge in [0.25, 0.3) is 5.91 Å². The summed E-state index contributed by atoms with van der Waals surface area (Å²) >= 11 is 0. The zero-order valence-corrected chi connectivity index (χ0v) is 10.5. The van der Waals surface area contributed by atoms with E-state index in [2.05, 4.69) is 4.98 Å². The molecule has 0 radical (unpaired) electrons. The lowest BCUT2D eigenvalue weighted by atomic mass is 10.0. The molecule has 2 heterocycles. The zero-order chi connectivity index (χ0) is 13.3. The molecule has 1 saturated heterocycles. The molecule has 1 fully saturated rings. The molecular formula is C13H16N2O3. The molecular weight excluding hydrogens is 232 g/mol. The predicted molar refractivity (Wildman–Crippen MR) is 65.2 cm³/mol. The topological polar surface area (TPSA) is 70.5 Å². The molecule has 0 saturated carbocycles. The molecule has 1 aliphatic rings. The smallest absolute Gasteiger partial charge is 0.308 e. The Balaban J connectivity index is 2.15. The van der Waals surface area contributed by atoms with Gasteiger partial charge >= 0.3 is 5.97 Å². The second-order valence-corrected chi connectivity index (χ2v) is 4.66. The van der Waals surface area contributed by atoms with Crippen LogP contribution in [-0.4, -0.2) is 39.5 Å². The van der Waals surface area contributed by atoms with E-state index in [0.29, 0.717) is 18.5 Å². The monoisotopic (exact) mass is 248 g/mol. The van der Waals surface area contributed by atoms with Crippen LogP contribution in [-0.2, 0) is 4.79 Å². The fraction of sp³-hybridized carbons (Fsp3) is 0.462. The quantitative estimate of drug-likeness (QED) is 0.857. The van der Waals surface area contributed by atoms with Gasteiger partial charge in [-0.15, -0.1) is 0 Å². The molecule has 2 unspecified atom stereocenters. The number of carbonyl (C=O) groups excluding carboxylic acids is 1. The number of pyridine rings is 1. The number of carboxylic acid groups (broad SMARTS) is 1. The molecule has 96 valence electrons. The third kappa shape index (κ3) is 2.20. The van der Waals surface area contributed by atoms with Crippen LogP contribution in [0.3, 0.4) is 0 Å². The van der Waals surface area contributed by atoms with Crippen LogP contribution in [0.2, 0.25) is 0 Å². The van der Waals surface area contributed by atoms with Crippen LogP contribution in [0, 0.1) is 12.8 Å². The Morgan fingerprint density at radius 2 is 2.17 bits per heavy atom. The Morgan fingerprint density at radius 1 is 1.44 bits per heavy atom. The van der Waals surface area contributed by atoms with Crippen molar-refractivity contribution < 1.29 is 14.7 Å². The lowest BCUT2D eigenvalue weighted by molar-refractivity contribution is -0.142. The average molecular weight is 248 g/mol. The van der Waals surface area contributed by atoms with Gasteiger partial charge in [0.15, 0.2) is 0 Å². The second-order valence-electron chi connectivity index (χ2n) is 4.66. The summed E-state index contributed by atoms with van der Waals surface area (Å²) in [5.74, 6) is -1.44. The molecule has 1 aromatic heterocycles. The van der Waals surface area contributed by atoms with Crippen molar-refractivity contribution in [2.75, 3.05) is 6.54 Å². The highest BCUT2D eigenvalue weighted by molar-refractivity contribution is 5.94. The van der Waals surface area contributed by atoms with E-state index in [9.17, 15) is 9.59 Å². The van der Waals surface area contributed by atoms with Gasteiger partial charge in [-0.25, -0.2) is 0 Å². The van der Waals surface area contributed by atoms with Crippen molar-refractivity contribution in [3.05, 3.63) is 29.6 Å². The van der Waals surface area contributed by atoms with E-state index in [4.69, 9.17) is 5.11 Å². The van der Waals surface area contributed by atoms with Crippen molar-refractivity contribution in [2.24, 2.45) is 5.92 Å². The van der Waals surface area contributed by atoms with Crippen molar-refractivity contribution in [3.8, 4) is 0 Å². The molecule has 2 rings (SSSR count). The molecule has 1 amide bonds. The van der Waals surface area contributed by atoms with E-state index >= 15 is 0 Å². The number of hydrogen-bond acceptors (Lipinski definition) is 3. The summed E-state index contributed by atoms with van der Waals surface area (Å²) in [7, 11) is 0. The molecule has 1 aromatic rings. The van der Waals surface area contributed by atoms with Gasteiger partial charge < -0.3 is 10.0 Å². The summed E-state index contributed by atoms with van der Waals surface area (Å²) in [6.45, 7) is 4.13. The molecule has 0 aliphatic carbocycles. The number of amides is 1. The standard InChI is InChI=1S/C13H16N2O3/c1-8-3-4-10(7-14-8)12(16)15-6-5-11(9(15)2)13(17)18/h3-4,7,9,11H,5-6H2,1-2H3,(H,17,18). The summed E-state index contributed by atoms with van der Waals surface area (Å²) in [4.78, 5) is 28.9.